The Balaban J connectivity index is 1.74. The summed E-state index contributed by atoms with van der Waals surface area (Å²) in [6.07, 6.45) is 4.38. The van der Waals surface area contributed by atoms with Crippen molar-refractivity contribution in [1.82, 2.24) is 14.3 Å². The molecule has 0 radical (unpaired) electrons. The van der Waals surface area contributed by atoms with Crippen LogP contribution >= 0.6 is 0 Å². The zero-order chi connectivity index (χ0) is 18.8. The van der Waals surface area contributed by atoms with Crippen molar-refractivity contribution in [3.63, 3.8) is 0 Å². The Kier molecular flexibility index (Phi) is 5.29. The molecule has 0 saturated carbocycles. The van der Waals surface area contributed by atoms with Crippen molar-refractivity contribution in [3.8, 4) is 5.88 Å². The van der Waals surface area contributed by atoms with Crippen LogP contribution in [0.4, 0.5) is 0 Å². The lowest BCUT2D eigenvalue weighted by Gasteiger charge is -2.32. The number of ether oxygens (including phenoxy) is 1. The van der Waals surface area contributed by atoms with Crippen molar-refractivity contribution >= 4 is 10.0 Å². The summed E-state index contributed by atoms with van der Waals surface area (Å²) in [5.41, 5.74) is 1.10. The highest BCUT2D eigenvalue weighted by Gasteiger charge is 2.31. The molecule has 1 fully saturated rings. The Morgan fingerprint density at radius 3 is 2.50 bits per heavy atom. The molecular formula is C19H25N3O3S. The van der Waals surface area contributed by atoms with Crippen LogP contribution in [-0.2, 0) is 15.4 Å². The molecule has 1 atom stereocenters. The molecule has 2 heterocycles. The van der Waals surface area contributed by atoms with Gasteiger partial charge in [-0.1, -0.05) is 32.9 Å². The van der Waals surface area contributed by atoms with Crippen LogP contribution in [0.5, 0.6) is 5.88 Å². The number of hydrogen-bond acceptors (Lipinski definition) is 5. The third-order valence-corrected chi connectivity index (χ3v) is 6.42. The van der Waals surface area contributed by atoms with Crippen molar-refractivity contribution in [2.45, 2.75) is 50.0 Å². The topological polar surface area (TPSA) is 72.4 Å². The first-order valence-electron chi connectivity index (χ1n) is 8.80. The third kappa shape index (κ3) is 4.22. The average Bonchev–Trinajstić information content (AvgIpc) is 2.62. The lowest BCUT2D eigenvalue weighted by molar-refractivity contribution is 0.124. The molecule has 1 unspecified atom stereocenters. The summed E-state index contributed by atoms with van der Waals surface area (Å²) in [6.45, 7) is 7.16. The molecule has 1 saturated heterocycles. The van der Waals surface area contributed by atoms with Crippen LogP contribution in [0.1, 0.15) is 39.2 Å². The zero-order valence-electron chi connectivity index (χ0n) is 15.4. The maximum atomic E-state index is 13.0. The molecule has 26 heavy (non-hydrogen) atoms. The zero-order valence-corrected chi connectivity index (χ0v) is 16.2. The fraction of sp³-hybridized carbons (Fsp3) is 0.474. The monoisotopic (exact) mass is 375 g/mol. The first kappa shape index (κ1) is 18.8. The van der Waals surface area contributed by atoms with E-state index in [-0.39, 0.29) is 11.5 Å². The standard InChI is InChI=1S/C19H25N3O3S/c1-19(2,3)15-6-8-17(9-7-15)26(23,24)22-12-4-5-16(13-22)25-18-10-11-20-14-21-18/h6-11,14,16H,4-5,12-13H2,1-3H3. The van der Waals surface area contributed by atoms with E-state index in [1.54, 1.807) is 24.4 Å². The number of aromatic nitrogens is 2. The van der Waals surface area contributed by atoms with Gasteiger partial charge in [-0.05, 0) is 36.0 Å². The molecule has 6 nitrogen and oxygen atoms in total. The number of nitrogens with zero attached hydrogens (tertiary/aromatic N) is 3. The maximum Gasteiger partial charge on any atom is 0.243 e. The van der Waals surface area contributed by atoms with Crippen molar-refractivity contribution in [2.24, 2.45) is 0 Å². The normalized spacial score (nSPS) is 19.3. The van der Waals surface area contributed by atoms with Crippen LogP contribution in [0.3, 0.4) is 0 Å². The number of piperidine rings is 1. The molecule has 7 heteroatoms. The van der Waals surface area contributed by atoms with Crippen LogP contribution in [0, 0.1) is 0 Å². The molecule has 0 spiro atoms. The van der Waals surface area contributed by atoms with Crippen LogP contribution in [0.15, 0.2) is 47.8 Å². The minimum absolute atomic E-state index is 0.0100. The fourth-order valence-corrected chi connectivity index (χ4v) is 4.52. The van der Waals surface area contributed by atoms with E-state index in [1.807, 2.05) is 12.1 Å². The van der Waals surface area contributed by atoms with E-state index >= 15 is 0 Å². The van der Waals surface area contributed by atoms with Gasteiger partial charge in [0, 0.05) is 18.8 Å². The third-order valence-electron chi connectivity index (χ3n) is 4.54. The molecule has 1 aliphatic rings. The highest BCUT2D eigenvalue weighted by Crippen LogP contribution is 2.26. The SMILES string of the molecule is CC(C)(C)c1ccc(S(=O)(=O)N2CCCC(Oc3ccncn3)C2)cc1. The minimum Gasteiger partial charge on any atom is -0.473 e. The molecule has 0 aliphatic carbocycles. The molecule has 0 N–H and O–H groups in total. The van der Waals surface area contributed by atoms with E-state index in [0.29, 0.717) is 23.9 Å². The molecule has 1 aromatic heterocycles. The number of benzene rings is 1. The Labute approximate surface area is 155 Å². The predicted molar refractivity (Wildman–Crippen MR) is 99.6 cm³/mol. The highest BCUT2D eigenvalue weighted by molar-refractivity contribution is 7.89. The van der Waals surface area contributed by atoms with Gasteiger partial charge >= 0.3 is 0 Å². The molecule has 1 aromatic carbocycles. The van der Waals surface area contributed by atoms with E-state index < -0.39 is 10.0 Å². The Morgan fingerprint density at radius 2 is 1.88 bits per heavy atom. The van der Waals surface area contributed by atoms with E-state index in [0.717, 1.165) is 18.4 Å². The first-order chi connectivity index (χ1) is 12.3. The van der Waals surface area contributed by atoms with Crippen LogP contribution in [-0.4, -0.2) is 41.9 Å². The summed E-state index contributed by atoms with van der Waals surface area (Å²) < 4.78 is 33.3. The number of rotatable bonds is 4. The van der Waals surface area contributed by atoms with E-state index in [1.165, 1.54) is 10.6 Å². The van der Waals surface area contributed by atoms with Crippen LogP contribution < -0.4 is 4.74 Å². The largest absolute Gasteiger partial charge is 0.473 e. The van der Waals surface area contributed by atoms with Crippen molar-refractivity contribution < 1.29 is 13.2 Å². The lowest BCUT2D eigenvalue weighted by Crippen LogP contribution is -2.44. The fourth-order valence-electron chi connectivity index (χ4n) is 3.01. The second-order valence-electron chi connectivity index (χ2n) is 7.57. The number of hydrogen-bond donors (Lipinski definition) is 0. The Bertz CT molecular complexity index is 831. The molecular weight excluding hydrogens is 350 g/mol. The Hall–Kier alpha value is -1.99. The van der Waals surface area contributed by atoms with E-state index in [2.05, 4.69) is 30.7 Å². The second-order valence-corrected chi connectivity index (χ2v) is 9.51. The van der Waals surface area contributed by atoms with Crippen molar-refractivity contribution in [3.05, 3.63) is 48.4 Å². The van der Waals surface area contributed by atoms with Gasteiger partial charge in [0.05, 0.1) is 11.4 Å². The summed E-state index contributed by atoms with van der Waals surface area (Å²) in [6, 6.07) is 8.87. The van der Waals surface area contributed by atoms with E-state index in [4.69, 9.17) is 4.74 Å². The summed E-state index contributed by atoms with van der Waals surface area (Å²) in [5, 5.41) is 0. The van der Waals surface area contributed by atoms with Crippen LogP contribution in [0.2, 0.25) is 0 Å². The summed E-state index contributed by atoms with van der Waals surface area (Å²) in [7, 11) is -3.53. The quantitative estimate of drug-likeness (QED) is 0.821. The number of sulfonamides is 1. The van der Waals surface area contributed by atoms with Gasteiger partial charge in [-0.2, -0.15) is 4.31 Å². The summed E-state index contributed by atoms with van der Waals surface area (Å²) in [5.74, 6) is 0.471. The smallest absolute Gasteiger partial charge is 0.243 e. The van der Waals surface area contributed by atoms with Gasteiger partial charge in [0.25, 0.3) is 0 Å². The van der Waals surface area contributed by atoms with Gasteiger partial charge in [0.1, 0.15) is 12.4 Å². The van der Waals surface area contributed by atoms with Gasteiger partial charge in [-0.15, -0.1) is 0 Å². The molecule has 2 aromatic rings. The predicted octanol–water partition coefficient (Wildman–Crippen LogP) is 3.01. The van der Waals surface area contributed by atoms with Crippen molar-refractivity contribution in [2.75, 3.05) is 13.1 Å². The molecule has 1 aliphatic heterocycles. The molecule has 140 valence electrons. The van der Waals surface area contributed by atoms with Gasteiger partial charge in [0.2, 0.25) is 15.9 Å². The molecule has 3 rings (SSSR count). The summed E-state index contributed by atoms with van der Waals surface area (Å²) >= 11 is 0. The summed E-state index contributed by atoms with van der Waals surface area (Å²) in [4.78, 5) is 8.24. The van der Waals surface area contributed by atoms with Gasteiger partial charge in [-0.3, -0.25) is 0 Å². The van der Waals surface area contributed by atoms with Crippen molar-refractivity contribution in [1.29, 1.82) is 0 Å². The highest BCUT2D eigenvalue weighted by atomic mass is 32.2. The maximum absolute atomic E-state index is 13.0. The molecule has 0 amide bonds. The van der Waals surface area contributed by atoms with Gasteiger partial charge in [0.15, 0.2) is 0 Å². The lowest BCUT2D eigenvalue weighted by atomic mass is 9.87. The second kappa shape index (κ2) is 7.32. The van der Waals surface area contributed by atoms with E-state index in [9.17, 15) is 8.42 Å². The molecule has 0 bridgehead atoms. The minimum atomic E-state index is -3.53. The van der Waals surface area contributed by atoms with Crippen LogP contribution in [0.25, 0.3) is 0 Å². The Morgan fingerprint density at radius 1 is 1.15 bits per heavy atom. The van der Waals surface area contributed by atoms with Gasteiger partial charge < -0.3 is 4.74 Å². The average molecular weight is 375 g/mol. The van der Waals surface area contributed by atoms with Gasteiger partial charge in [-0.25, -0.2) is 18.4 Å². The first-order valence-corrected chi connectivity index (χ1v) is 10.2.